The van der Waals surface area contributed by atoms with E-state index < -0.39 is 0 Å². The highest BCUT2D eigenvalue weighted by atomic mass is 32.2. The third-order valence-electron chi connectivity index (χ3n) is 2.25. The molecule has 0 fully saturated rings. The molecule has 0 spiro atoms. The van der Waals surface area contributed by atoms with Crippen molar-refractivity contribution >= 4 is 23.4 Å². The predicted octanol–water partition coefficient (Wildman–Crippen LogP) is 2.44. The van der Waals surface area contributed by atoms with E-state index in [0.29, 0.717) is 5.96 Å². The van der Waals surface area contributed by atoms with Crippen molar-refractivity contribution in [3.05, 3.63) is 24.3 Å². The average molecular weight is 252 g/mol. The van der Waals surface area contributed by atoms with Crippen LogP contribution in [0.25, 0.3) is 0 Å². The fourth-order valence-corrected chi connectivity index (χ4v) is 1.77. The number of hydrazine groups is 1. The molecule has 0 aliphatic heterocycles. The molecule has 5 heteroatoms. The van der Waals surface area contributed by atoms with Crippen LogP contribution >= 0.6 is 11.8 Å². The minimum absolute atomic E-state index is 0.608. The van der Waals surface area contributed by atoms with E-state index in [1.165, 1.54) is 4.90 Å². The molecule has 0 radical (unpaired) electrons. The smallest absolute Gasteiger partial charge is 0.210 e. The Kier molecular flexibility index (Phi) is 6.50. The summed E-state index contributed by atoms with van der Waals surface area (Å²) < 4.78 is 0. The summed E-state index contributed by atoms with van der Waals surface area (Å²) in [5.41, 5.74) is 3.57. The molecule has 1 rings (SSSR count). The zero-order chi connectivity index (χ0) is 12.5. The summed E-state index contributed by atoms with van der Waals surface area (Å²) in [5.74, 6) is 6.03. The van der Waals surface area contributed by atoms with Crippen molar-refractivity contribution in [3.8, 4) is 0 Å². The van der Waals surface area contributed by atoms with E-state index >= 15 is 0 Å². The number of hydrogen-bond acceptors (Lipinski definition) is 3. The zero-order valence-electron chi connectivity index (χ0n) is 10.4. The van der Waals surface area contributed by atoms with Gasteiger partial charge in [0, 0.05) is 17.1 Å². The number of unbranched alkanes of at least 4 members (excludes halogenated alkanes) is 1. The lowest BCUT2D eigenvalue weighted by atomic mass is 10.3. The second-order valence-corrected chi connectivity index (χ2v) is 4.46. The Hall–Kier alpha value is -1.20. The SMILES string of the molecule is CCCCN=C(NN)Nc1cccc(SC)c1. The third-order valence-corrected chi connectivity index (χ3v) is 2.98. The Balaban J connectivity index is 2.63. The van der Waals surface area contributed by atoms with Crippen LogP contribution in [0, 0.1) is 0 Å². The lowest BCUT2D eigenvalue weighted by molar-refractivity contribution is 0.801. The van der Waals surface area contributed by atoms with E-state index in [1.54, 1.807) is 11.8 Å². The highest BCUT2D eigenvalue weighted by Gasteiger charge is 1.98. The minimum atomic E-state index is 0.608. The number of rotatable bonds is 5. The maximum Gasteiger partial charge on any atom is 0.210 e. The van der Waals surface area contributed by atoms with Gasteiger partial charge >= 0.3 is 0 Å². The summed E-state index contributed by atoms with van der Waals surface area (Å²) >= 11 is 1.71. The van der Waals surface area contributed by atoms with Crippen LogP contribution in [-0.4, -0.2) is 18.8 Å². The second-order valence-electron chi connectivity index (χ2n) is 3.59. The van der Waals surface area contributed by atoms with Crippen LogP contribution < -0.4 is 16.6 Å². The molecule has 17 heavy (non-hydrogen) atoms. The molecule has 0 saturated heterocycles. The average Bonchev–Trinajstić information content (AvgIpc) is 2.38. The lowest BCUT2D eigenvalue weighted by Gasteiger charge is -2.09. The van der Waals surface area contributed by atoms with Crippen molar-refractivity contribution in [1.29, 1.82) is 0 Å². The molecule has 0 aliphatic carbocycles. The maximum absolute atomic E-state index is 5.42. The Labute approximate surface area is 107 Å². The topological polar surface area (TPSA) is 62.4 Å². The van der Waals surface area contributed by atoms with Gasteiger partial charge in [0.1, 0.15) is 0 Å². The Bertz CT molecular complexity index is 365. The van der Waals surface area contributed by atoms with Gasteiger partial charge in [0.2, 0.25) is 5.96 Å². The number of guanidine groups is 1. The van der Waals surface area contributed by atoms with Crippen molar-refractivity contribution in [2.75, 3.05) is 18.1 Å². The molecule has 0 aliphatic rings. The quantitative estimate of drug-likeness (QED) is 0.188. The molecule has 0 aromatic heterocycles. The Morgan fingerprint density at radius 2 is 2.29 bits per heavy atom. The van der Waals surface area contributed by atoms with Crippen LogP contribution in [0.3, 0.4) is 0 Å². The molecule has 1 aromatic carbocycles. The van der Waals surface area contributed by atoms with E-state index in [4.69, 9.17) is 5.84 Å². The van der Waals surface area contributed by atoms with Gasteiger partial charge in [-0.15, -0.1) is 11.8 Å². The first-order valence-corrected chi connectivity index (χ1v) is 6.94. The molecule has 0 heterocycles. The predicted molar refractivity (Wildman–Crippen MR) is 76.4 cm³/mol. The van der Waals surface area contributed by atoms with E-state index in [1.807, 2.05) is 12.1 Å². The van der Waals surface area contributed by atoms with Gasteiger partial charge in [-0.05, 0) is 30.9 Å². The number of anilines is 1. The van der Waals surface area contributed by atoms with Gasteiger partial charge in [-0.3, -0.25) is 10.4 Å². The maximum atomic E-state index is 5.42. The molecule has 0 amide bonds. The van der Waals surface area contributed by atoms with Crippen molar-refractivity contribution in [1.82, 2.24) is 5.43 Å². The van der Waals surface area contributed by atoms with E-state index in [9.17, 15) is 0 Å². The number of thioether (sulfide) groups is 1. The largest absolute Gasteiger partial charge is 0.325 e. The highest BCUT2D eigenvalue weighted by Crippen LogP contribution is 2.18. The van der Waals surface area contributed by atoms with Crippen molar-refractivity contribution in [3.63, 3.8) is 0 Å². The van der Waals surface area contributed by atoms with Crippen LogP contribution in [0.2, 0.25) is 0 Å². The first-order chi connectivity index (χ1) is 8.30. The molecular weight excluding hydrogens is 232 g/mol. The fourth-order valence-electron chi connectivity index (χ4n) is 1.31. The minimum Gasteiger partial charge on any atom is -0.325 e. The number of hydrogen-bond donors (Lipinski definition) is 3. The van der Waals surface area contributed by atoms with E-state index in [0.717, 1.165) is 25.1 Å². The second kappa shape index (κ2) is 7.97. The number of nitrogens with zero attached hydrogens (tertiary/aromatic N) is 1. The van der Waals surface area contributed by atoms with Crippen molar-refractivity contribution < 1.29 is 0 Å². The van der Waals surface area contributed by atoms with Gasteiger partial charge < -0.3 is 5.32 Å². The molecule has 0 unspecified atom stereocenters. The summed E-state index contributed by atoms with van der Waals surface area (Å²) in [6.07, 6.45) is 4.25. The summed E-state index contributed by atoms with van der Waals surface area (Å²) in [5, 5.41) is 3.16. The number of nitrogens with two attached hydrogens (primary N) is 1. The molecule has 94 valence electrons. The summed E-state index contributed by atoms with van der Waals surface area (Å²) in [6, 6.07) is 8.14. The van der Waals surface area contributed by atoms with Gasteiger partial charge in [-0.25, -0.2) is 5.84 Å². The van der Waals surface area contributed by atoms with Crippen LogP contribution in [0.4, 0.5) is 5.69 Å². The molecular formula is C12H20N4S. The third kappa shape index (κ3) is 5.10. The Morgan fingerprint density at radius 3 is 2.94 bits per heavy atom. The first-order valence-electron chi connectivity index (χ1n) is 5.72. The van der Waals surface area contributed by atoms with Gasteiger partial charge in [0.15, 0.2) is 0 Å². The van der Waals surface area contributed by atoms with Crippen molar-refractivity contribution in [2.45, 2.75) is 24.7 Å². The van der Waals surface area contributed by atoms with E-state index in [-0.39, 0.29) is 0 Å². The van der Waals surface area contributed by atoms with Gasteiger partial charge in [-0.2, -0.15) is 0 Å². The number of nitrogens with one attached hydrogen (secondary N) is 2. The molecule has 1 aromatic rings. The van der Waals surface area contributed by atoms with E-state index in [2.05, 4.69) is 41.0 Å². The van der Waals surface area contributed by atoms with Gasteiger partial charge in [-0.1, -0.05) is 19.4 Å². The molecule has 0 atom stereocenters. The van der Waals surface area contributed by atoms with Crippen molar-refractivity contribution in [2.24, 2.45) is 10.8 Å². The van der Waals surface area contributed by atoms with Crippen LogP contribution in [0.5, 0.6) is 0 Å². The highest BCUT2D eigenvalue weighted by molar-refractivity contribution is 7.98. The zero-order valence-corrected chi connectivity index (χ0v) is 11.2. The van der Waals surface area contributed by atoms with Crippen LogP contribution in [0.1, 0.15) is 19.8 Å². The number of aliphatic imine (C=N–C) groups is 1. The molecule has 0 bridgehead atoms. The van der Waals surface area contributed by atoms with Gasteiger partial charge in [0.25, 0.3) is 0 Å². The standard InChI is InChI=1S/C12H20N4S/c1-3-4-8-14-12(16-13)15-10-6-5-7-11(9-10)17-2/h5-7,9H,3-4,8,13H2,1-2H3,(H2,14,15,16). The normalized spacial score (nSPS) is 11.4. The van der Waals surface area contributed by atoms with Crippen LogP contribution in [0.15, 0.2) is 34.2 Å². The number of benzene rings is 1. The lowest BCUT2D eigenvalue weighted by Crippen LogP contribution is -2.36. The Morgan fingerprint density at radius 1 is 1.47 bits per heavy atom. The first kappa shape index (κ1) is 13.9. The fraction of sp³-hybridized carbons (Fsp3) is 0.417. The van der Waals surface area contributed by atoms with Gasteiger partial charge in [0.05, 0.1) is 0 Å². The molecule has 0 saturated carbocycles. The summed E-state index contributed by atoms with van der Waals surface area (Å²) in [6.45, 7) is 2.92. The molecule has 4 nitrogen and oxygen atoms in total. The van der Waals surface area contributed by atoms with Crippen LogP contribution in [-0.2, 0) is 0 Å². The monoisotopic (exact) mass is 252 g/mol. The summed E-state index contributed by atoms with van der Waals surface area (Å²) in [4.78, 5) is 5.55. The summed E-state index contributed by atoms with van der Waals surface area (Å²) in [7, 11) is 0. The molecule has 4 N–H and O–H groups in total.